The number of aliphatic hydroxyl groups is 1. The summed E-state index contributed by atoms with van der Waals surface area (Å²) in [5.41, 5.74) is -0.517. The molecule has 1 fully saturated rings. The summed E-state index contributed by atoms with van der Waals surface area (Å²) in [7, 11) is -3.88. The molecule has 0 amide bonds. The Morgan fingerprint density at radius 3 is 2.25 bits per heavy atom. The molecular formula is C24H36O4S4. The van der Waals surface area contributed by atoms with E-state index >= 15 is 0 Å². The topological polar surface area (TPSA) is 63.6 Å². The van der Waals surface area contributed by atoms with E-state index in [0.29, 0.717) is 6.42 Å². The first-order valence-corrected chi connectivity index (χ1v) is 16.0. The second kappa shape index (κ2) is 9.50. The van der Waals surface area contributed by atoms with Gasteiger partial charge in [0.2, 0.25) is 0 Å². The lowest BCUT2D eigenvalue weighted by Gasteiger charge is -2.58. The molecule has 2 aliphatic rings. The van der Waals surface area contributed by atoms with Crippen molar-refractivity contribution in [2.75, 3.05) is 25.4 Å². The second-order valence-corrected chi connectivity index (χ2v) is 15.3. The molecule has 180 valence electrons. The number of fused-ring (bicyclic) bond motifs is 1. The van der Waals surface area contributed by atoms with E-state index in [0.717, 1.165) is 24.8 Å². The molecule has 32 heavy (non-hydrogen) atoms. The van der Waals surface area contributed by atoms with Crippen molar-refractivity contribution in [3.05, 3.63) is 42.0 Å². The van der Waals surface area contributed by atoms with E-state index in [2.05, 4.69) is 19.9 Å². The highest BCUT2D eigenvalue weighted by Gasteiger charge is 2.59. The predicted molar refractivity (Wildman–Crippen MR) is 140 cm³/mol. The minimum atomic E-state index is -3.88. The van der Waals surface area contributed by atoms with Gasteiger partial charge in [-0.05, 0) is 68.4 Å². The van der Waals surface area contributed by atoms with Gasteiger partial charge in [-0.1, -0.05) is 50.1 Å². The Morgan fingerprint density at radius 2 is 1.69 bits per heavy atom. The zero-order valence-corrected chi connectivity index (χ0v) is 23.1. The molecule has 0 heterocycles. The van der Waals surface area contributed by atoms with Crippen LogP contribution in [-0.4, -0.2) is 47.9 Å². The maximum atomic E-state index is 13.0. The van der Waals surface area contributed by atoms with Gasteiger partial charge in [0.25, 0.3) is 10.1 Å². The number of benzene rings is 1. The summed E-state index contributed by atoms with van der Waals surface area (Å²) < 4.78 is 31.3. The van der Waals surface area contributed by atoms with Crippen LogP contribution in [0.15, 0.2) is 41.3 Å². The van der Waals surface area contributed by atoms with Crippen LogP contribution in [0.1, 0.15) is 45.1 Å². The van der Waals surface area contributed by atoms with Crippen LogP contribution in [0.25, 0.3) is 0 Å². The Morgan fingerprint density at radius 1 is 1.09 bits per heavy atom. The van der Waals surface area contributed by atoms with Crippen LogP contribution in [0, 0.1) is 23.7 Å². The Kier molecular flexibility index (Phi) is 7.86. The van der Waals surface area contributed by atoms with E-state index in [9.17, 15) is 13.5 Å². The number of aryl methyl sites for hydroxylation is 1. The third kappa shape index (κ3) is 4.69. The van der Waals surface area contributed by atoms with Gasteiger partial charge >= 0.3 is 0 Å². The normalized spacial score (nSPS) is 30.2. The van der Waals surface area contributed by atoms with Crippen molar-refractivity contribution in [3.8, 4) is 0 Å². The van der Waals surface area contributed by atoms with Crippen LogP contribution in [-0.2, 0) is 14.3 Å². The Balaban J connectivity index is 1.99. The van der Waals surface area contributed by atoms with Gasteiger partial charge in [0, 0.05) is 5.41 Å². The van der Waals surface area contributed by atoms with E-state index < -0.39 is 24.5 Å². The van der Waals surface area contributed by atoms with Gasteiger partial charge in [-0.3, -0.25) is 4.18 Å². The Labute approximate surface area is 206 Å². The summed E-state index contributed by atoms with van der Waals surface area (Å²) in [6.07, 6.45) is 13.6. The Bertz CT molecular complexity index is 929. The number of hydrogen-bond acceptors (Lipinski definition) is 7. The second-order valence-electron chi connectivity index (χ2n) is 9.84. The summed E-state index contributed by atoms with van der Waals surface area (Å²) in [4.78, 5) is 0.180. The van der Waals surface area contributed by atoms with Crippen LogP contribution in [0.5, 0.6) is 0 Å². The molecule has 3 rings (SSSR count). The van der Waals surface area contributed by atoms with Crippen molar-refractivity contribution in [3.63, 3.8) is 0 Å². The van der Waals surface area contributed by atoms with E-state index in [4.69, 9.17) is 4.18 Å². The molecule has 0 aromatic heterocycles. The van der Waals surface area contributed by atoms with Crippen LogP contribution in [0.2, 0.25) is 0 Å². The molecule has 4 nitrogen and oxygen atoms in total. The fourth-order valence-corrected chi connectivity index (χ4v) is 10.2. The fourth-order valence-electron chi connectivity index (χ4n) is 5.72. The van der Waals surface area contributed by atoms with E-state index in [1.807, 2.05) is 31.8 Å². The highest BCUT2D eigenvalue weighted by molar-refractivity contribution is 8.33. The average molecular weight is 517 g/mol. The smallest absolute Gasteiger partial charge is 0.296 e. The summed E-state index contributed by atoms with van der Waals surface area (Å²) >= 11 is 4.94. The molecular weight excluding hydrogens is 481 g/mol. The molecule has 3 atom stereocenters. The number of rotatable bonds is 8. The lowest BCUT2D eigenvalue weighted by Crippen LogP contribution is -2.58. The maximum absolute atomic E-state index is 13.0. The van der Waals surface area contributed by atoms with Crippen molar-refractivity contribution in [2.45, 2.75) is 60.4 Å². The van der Waals surface area contributed by atoms with Crippen LogP contribution >= 0.6 is 35.3 Å². The third-order valence-corrected chi connectivity index (χ3v) is 14.3. The van der Waals surface area contributed by atoms with Crippen LogP contribution in [0.3, 0.4) is 0 Å². The molecule has 0 saturated heterocycles. The van der Waals surface area contributed by atoms with Crippen LogP contribution in [0.4, 0.5) is 0 Å². The van der Waals surface area contributed by atoms with Gasteiger partial charge < -0.3 is 5.11 Å². The molecule has 1 aromatic rings. The molecule has 1 aromatic carbocycles. The SMILES string of the molecule is CSC(SC)(SC)[C@@]1(O)C=C[C@@H]2C(C)(C)CCC[C@@]2(COS(=O)(=O)c2ccc(C)cc2)C1. The number of hydrogen-bond donors (Lipinski definition) is 1. The lowest BCUT2D eigenvalue weighted by molar-refractivity contribution is -0.0766. The van der Waals surface area contributed by atoms with Gasteiger partial charge in [-0.15, -0.1) is 35.3 Å². The first-order valence-electron chi connectivity index (χ1n) is 10.9. The zero-order chi connectivity index (χ0) is 23.8. The quantitative estimate of drug-likeness (QED) is 0.260. The molecule has 0 aliphatic heterocycles. The highest BCUT2D eigenvalue weighted by Crippen LogP contribution is 2.63. The first kappa shape index (κ1) is 26.5. The summed E-state index contributed by atoms with van der Waals surface area (Å²) in [5, 5.41) is 12.0. The van der Waals surface area contributed by atoms with Crippen molar-refractivity contribution in [2.24, 2.45) is 16.7 Å². The molecule has 1 saturated carbocycles. The van der Waals surface area contributed by atoms with Crippen LogP contribution < -0.4 is 0 Å². The first-order chi connectivity index (χ1) is 14.9. The summed E-state index contributed by atoms with van der Waals surface area (Å²) in [6.45, 7) is 6.51. The summed E-state index contributed by atoms with van der Waals surface area (Å²) in [5.74, 6) is 0.139. The van der Waals surface area contributed by atoms with Gasteiger partial charge in [0.1, 0.15) is 9.01 Å². The molecule has 0 radical (unpaired) electrons. The van der Waals surface area contributed by atoms with Gasteiger partial charge in [-0.25, -0.2) is 0 Å². The standard InChI is InChI=1S/C24H36O4S4/c1-18-8-10-19(11-9-18)32(26,27)28-17-22-14-7-13-21(2,3)20(22)12-15-23(25,16-22)24(29-4,30-5)31-6/h8-12,15,20,25H,7,13-14,16-17H2,1-6H3/t20-,22+,23-/m1/s1. The number of thioether (sulfide) groups is 3. The minimum absolute atomic E-state index is 0.00773. The van der Waals surface area contributed by atoms with Crippen molar-refractivity contribution in [1.29, 1.82) is 0 Å². The Hall–Kier alpha value is -0.120. The van der Waals surface area contributed by atoms with Gasteiger partial charge in [0.05, 0.1) is 11.5 Å². The summed E-state index contributed by atoms with van der Waals surface area (Å²) in [6, 6.07) is 6.77. The van der Waals surface area contributed by atoms with E-state index in [1.54, 1.807) is 59.6 Å². The maximum Gasteiger partial charge on any atom is 0.296 e. The monoisotopic (exact) mass is 516 g/mol. The lowest BCUT2D eigenvalue weighted by atomic mass is 9.51. The molecule has 0 unspecified atom stereocenters. The highest BCUT2D eigenvalue weighted by atomic mass is 32.3. The van der Waals surface area contributed by atoms with Crippen molar-refractivity contribution < 1.29 is 17.7 Å². The van der Waals surface area contributed by atoms with E-state index in [1.165, 1.54) is 0 Å². The van der Waals surface area contributed by atoms with Crippen molar-refractivity contribution in [1.82, 2.24) is 0 Å². The molecule has 8 heteroatoms. The predicted octanol–water partition coefficient (Wildman–Crippen LogP) is 5.95. The van der Waals surface area contributed by atoms with Crippen molar-refractivity contribution >= 4 is 45.4 Å². The fraction of sp³-hybridized carbons (Fsp3) is 0.667. The molecule has 0 spiro atoms. The number of allylic oxidation sites excluding steroid dienone is 1. The largest absolute Gasteiger partial charge is 0.382 e. The average Bonchev–Trinajstić information content (AvgIpc) is 2.74. The third-order valence-electron chi connectivity index (χ3n) is 7.33. The molecule has 2 aliphatic carbocycles. The van der Waals surface area contributed by atoms with Gasteiger partial charge in [-0.2, -0.15) is 8.42 Å². The minimum Gasteiger partial charge on any atom is -0.382 e. The molecule has 0 bridgehead atoms. The molecule has 1 N–H and O–H groups in total. The van der Waals surface area contributed by atoms with E-state index in [-0.39, 0.29) is 22.8 Å². The van der Waals surface area contributed by atoms with Gasteiger partial charge in [0.15, 0.2) is 0 Å². The zero-order valence-electron chi connectivity index (χ0n) is 19.9.